The second-order valence-corrected chi connectivity index (χ2v) is 7.58. The van der Waals surface area contributed by atoms with Crippen LogP contribution < -0.4 is 19.7 Å². The zero-order valence-corrected chi connectivity index (χ0v) is 19.2. The lowest BCUT2D eigenvalue weighted by Gasteiger charge is -2.26. The van der Waals surface area contributed by atoms with Crippen molar-refractivity contribution in [3.8, 4) is 22.8 Å². The molecule has 0 atom stereocenters. The molecule has 34 heavy (non-hydrogen) atoms. The maximum absolute atomic E-state index is 12.9. The maximum Gasteiger partial charge on any atom is 0.387 e. The SMILES string of the molecule is CCNCCN(c1cc(OC)cc(OC(F)F)c1)c1ccc2ncc(-c3cnn(C)c3)nc2c1. The second kappa shape index (κ2) is 10.4. The molecule has 0 radical (unpaired) electrons. The van der Waals surface area contributed by atoms with Crippen LogP contribution in [0.25, 0.3) is 22.3 Å². The number of hydrogen-bond acceptors (Lipinski definition) is 7. The van der Waals surface area contributed by atoms with Crippen molar-refractivity contribution < 1.29 is 18.3 Å². The van der Waals surface area contributed by atoms with E-state index in [2.05, 4.69) is 20.1 Å². The van der Waals surface area contributed by atoms with Crippen LogP contribution in [-0.4, -0.2) is 53.1 Å². The first kappa shape index (κ1) is 23.4. The average Bonchev–Trinajstić information content (AvgIpc) is 3.26. The summed E-state index contributed by atoms with van der Waals surface area (Å²) in [5.74, 6) is 0.443. The first-order valence-electron chi connectivity index (χ1n) is 10.8. The lowest BCUT2D eigenvalue weighted by Crippen LogP contribution is -2.28. The summed E-state index contributed by atoms with van der Waals surface area (Å²) in [5.41, 5.74) is 4.52. The van der Waals surface area contributed by atoms with Gasteiger partial charge in [-0.15, -0.1) is 0 Å². The molecule has 0 aliphatic rings. The second-order valence-electron chi connectivity index (χ2n) is 7.58. The van der Waals surface area contributed by atoms with E-state index in [1.165, 1.54) is 13.2 Å². The number of likely N-dealkylation sites (N-methyl/N-ethyl adjacent to an activating group) is 1. The van der Waals surface area contributed by atoms with Crippen molar-refractivity contribution in [1.82, 2.24) is 25.1 Å². The molecule has 0 bridgehead atoms. The number of methoxy groups -OCH3 is 1. The molecule has 0 aliphatic carbocycles. The van der Waals surface area contributed by atoms with Gasteiger partial charge < -0.3 is 19.7 Å². The molecule has 0 fully saturated rings. The van der Waals surface area contributed by atoms with Crippen molar-refractivity contribution >= 4 is 22.4 Å². The molecule has 0 saturated heterocycles. The molecule has 0 saturated carbocycles. The third-order valence-corrected chi connectivity index (χ3v) is 5.24. The van der Waals surface area contributed by atoms with E-state index in [0.717, 1.165) is 23.3 Å². The third kappa shape index (κ3) is 5.40. The number of rotatable bonds is 10. The highest BCUT2D eigenvalue weighted by Gasteiger charge is 2.16. The summed E-state index contributed by atoms with van der Waals surface area (Å²) in [5, 5.41) is 7.50. The summed E-state index contributed by atoms with van der Waals surface area (Å²) in [4.78, 5) is 11.3. The first-order valence-corrected chi connectivity index (χ1v) is 10.8. The third-order valence-electron chi connectivity index (χ3n) is 5.24. The molecule has 4 aromatic rings. The number of hydrogen-bond donors (Lipinski definition) is 1. The van der Waals surface area contributed by atoms with Crippen molar-refractivity contribution in [3.63, 3.8) is 0 Å². The summed E-state index contributed by atoms with van der Waals surface area (Å²) < 4.78 is 37.5. The van der Waals surface area contributed by atoms with Crippen LogP contribution in [0.2, 0.25) is 0 Å². The van der Waals surface area contributed by atoms with Crippen LogP contribution in [-0.2, 0) is 7.05 Å². The highest BCUT2D eigenvalue weighted by molar-refractivity contribution is 5.82. The van der Waals surface area contributed by atoms with Crippen LogP contribution in [0.1, 0.15) is 6.92 Å². The molecule has 8 nitrogen and oxygen atoms in total. The van der Waals surface area contributed by atoms with E-state index in [0.29, 0.717) is 35.7 Å². The Bertz CT molecular complexity index is 1260. The number of halogens is 2. The number of aryl methyl sites for hydroxylation is 1. The van der Waals surface area contributed by atoms with E-state index >= 15 is 0 Å². The largest absolute Gasteiger partial charge is 0.497 e. The van der Waals surface area contributed by atoms with Gasteiger partial charge in [0.2, 0.25) is 0 Å². The van der Waals surface area contributed by atoms with E-state index < -0.39 is 6.61 Å². The summed E-state index contributed by atoms with van der Waals surface area (Å²) in [7, 11) is 3.33. The zero-order valence-electron chi connectivity index (χ0n) is 19.2. The molecular weight excluding hydrogens is 442 g/mol. The fraction of sp³-hybridized carbons (Fsp3) is 0.292. The van der Waals surface area contributed by atoms with E-state index in [4.69, 9.17) is 9.72 Å². The molecule has 4 rings (SSSR count). The van der Waals surface area contributed by atoms with Crippen LogP contribution in [0.3, 0.4) is 0 Å². The minimum Gasteiger partial charge on any atom is -0.497 e. The summed E-state index contributed by atoms with van der Waals surface area (Å²) in [6.07, 6.45) is 5.34. The molecule has 0 spiro atoms. The molecule has 10 heteroatoms. The van der Waals surface area contributed by atoms with E-state index in [9.17, 15) is 8.78 Å². The Labute approximate surface area is 196 Å². The highest BCUT2D eigenvalue weighted by atomic mass is 19.3. The number of alkyl halides is 2. The number of anilines is 2. The zero-order chi connectivity index (χ0) is 24.1. The van der Waals surface area contributed by atoms with Gasteiger partial charge in [0.1, 0.15) is 11.5 Å². The Morgan fingerprint density at radius 1 is 1.06 bits per heavy atom. The lowest BCUT2D eigenvalue weighted by molar-refractivity contribution is -0.0498. The van der Waals surface area contributed by atoms with Crippen LogP contribution in [0.4, 0.5) is 20.2 Å². The highest BCUT2D eigenvalue weighted by Crippen LogP contribution is 2.34. The molecule has 2 aromatic carbocycles. The predicted molar refractivity (Wildman–Crippen MR) is 127 cm³/mol. The van der Waals surface area contributed by atoms with Crippen LogP contribution in [0.15, 0.2) is 55.0 Å². The van der Waals surface area contributed by atoms with Gasteiger partial charge in [-0.05, 0) is 24.7 Å². The number of fused-ring (bicyclic) bond motifs is 1. The minimum atomic E-state index is -2.93. The smallest absolute Gasteiger partial charge is 0.387 e. The Morgan fingerprint density at radius 3 is 2.59 bits per heavy atom. The van der Waals surface area contributed by atoms with Crippen molar-refractivity contribution in [2.24, 2.45) is 7.05 Å². The van der Waals surface area contributed by atoms with E-state index in [-0.39, 0.29) is 5.75 Å². The molecule has 178 valence electrons. The molecule has 0 aliphatic heterocycles. The Hall–Kier alpha value is -3.79. The Balaban J connectivity index is 1.76. The monoisotopic (exact) mass is 468 g/mol. The van der Waals surface area contributed by atoms with Crippen LogP contribution in [0, 0.1) is 0 Å². The van der Waals surface area contributed by atoms with Crippen molar-refractivity contribution in [2.75, 3.05) is 31.6 Å². The summed E-state index contributed by atoms with van der Waals surface area (Å²) in [6.45, 7) is 1.16. The van der Waals surface area contributed by atoms with Gasteiger partial charge in [-0.25, -0.2) is 4.98 Å². The average molecular weight is 469 g/mol. The summed E-state index contributed by atoms with van der Waals surface area (Å²) in [6, 6.07) is 10.5. The molecule has 0 amide bonds. The van der Waals surface area contributed by atoms with E-state index in [1.807, 2.05) is 43.3 Å². The van der Waals surface area contributed by atoms with Gasteiger partial charge in [0.05, 0.1) is 36.2 Å². The number of aromatic nitrogens is 4. The molecule has 0 unspecified atom stereocenters. The molecular formula is C24H26F2N6O2. The number of ether oxygens (including phenoxy) is 2. The normalized spacial score (nSPS) is 11.2. The van der Waals surface area contributed by atoms with Gasteiger partial charge in [0.15, 0.2) is 0 Å². The van der Waals surface area contributed by atoms with Crippen molar-refractivity contribution in [1.29, 1.82) is 0 Å². The minimum absolute atomic E-state index is 0.0252. The molecule has 1 N–H and O–H groups in total. The number of benzene rings is 2. The van der Waals surface area contributed by atoms with Crippen LogP contribution >= 0.6 is 0 Å². The van der Waals surface area contributed by atoms with Gasteiger partial charge in [-0.2, -0.15) is 13.9 Å². The Kier molecular flexibility index (Phi) is 7.17. The first-order chi connectivity index (χ1) is 16.5. The van der Waals surface area contributed by atoms with Gasteiger partial charge >= 0.3 is 6.61 Å². The number of nitrogens with zero attached hydrogens (tertiary/aromatic N) is 5. The van der Waals surface area contributed by atoms with Crippen molar-refractivity contribution in [2.45, 2.75) is 13.5 Å². The van der Waals surface area contributed by atoms with Crippen molar-refractivity contribution in [3.05, 3.63) is 55.0 Å². The topological polar surface area (TPSA) is 77.3 Å². The maximum atomic E-state index is 12.9. The fourth-order valence-corrected chi connectivity index (χ4v) is 3.64. The van der Waals surface area contributed by atoms with Gasteiger partial charge in [0, 0.05) is 61.5 Å². The van der Waals surface area contributed by atoms with Gasteiger partial charge in [0.25, 0.3) is 0 Å². The number of nitrogens with one attached hydrogen (secondary N) is 1. The van der Waals surface area contributed by atoms with Crippen LogP contribution in [0.5, 0.6) is 11.5 Å². The molecule has 2 aromatic heterocycles. The molecule has 2 heterocycles. The van der Waals surface area contributed by atoms with Gasteiger partial charge in [-0.1, -0.05) is 6.92 Å². The predicted octanol–water partition coefficient (Wildman–Crippen LogP) is 4.39. The van der Waals surface area contributed by atoms with Gasteiger partial charge in [-0.3, -0.25) is 9.67 Å². The quantitative estimate of drug-likeness (QED) is 0.346. The fourth-order valence-electron chi connectivity index (χ4n) is 3.64. The standard InChI is InChI=1S/C24H26F2N6O2/c1-4-27-7-8-32(18-9-19(33-3)12-20(10-18)34-24(25)26)17-5-6-21-22(11-17)30-23(14-28-21)16-13-29-31(2)15-16/h5-6,9-15,24,27H,4,7-8H2,1-3H3. The lowest BCUT2D eigenvalue weighted by atomic mass is 10.2. The summed E-state index contributed by atoms with van der Waals surface area (Å²) >= 11 is 0. The van der Waals surface area contributed by atoms with E-state index in [1.54, 1.807) is 29.2 Å². The Morgan fingerprint density at radius 2 is 1.88 bits per heavy atom.